The van der Waals surface area contributed by atoms with Gasteiger partial charge in [0.25, 0.3) is 0 Å². The van der Waals surface area contributed by atoms with E-state index in [4.69, 9.17) is 13.9 Å². The molecule has 4 nitrogen and oxygen atoms in total. The summed E-state index contributed by atoms with van der Waals surface area (Å²) >= 11 is 0. The van der Waals surface area contributed by atoms with Crippen molar-refractivity contribution >= 4 is 11.0 Å². The summed E-state index contributed by atoms with van der Waals surface area (Å²) in [5.41, 5.74) is 4.26. The highest BCUT2D eigenvalue weighted by Gasteiger charge is 2.15. The van der Waals surface area contributed by atoms with Gasteiger partial charge >= 0.3 is 5.63 Å². The second kappa shape index (κ2) is 9.67. The highest BCUT2D eigenvalue weighted by atomic mass is 16.5. The molecule has 0 radical (unpaired) electrons. The van der Waals surface area contributed by atoms with Crippen LogP contribution in [0.4, 0.5) is 0 Å². The smallest absolute Gasteiger partial charge is 0.336 e. The molecule has 168 valence electrons. The number of hydrogen-bond donors (Lipinski definition) is 0. The molecule has 0 aliphatic carbocycles. The molecule has 0 spiro atoms. The summed E-state index contributed by atoms with van der Waals surface area (Å²) < 4.78 is 17.6. The minimum Gasteiger partial charge on any atom is -0.489 e. The predicted molar refractivity (Wildman–Crippen MR) is 133 cm³/mol. The highest BCUT2D eigenvalue weighted by Crippen LogP contribution is 2.29. The topological polar surface area (TPSA) is 48.7 Å². The van der Waals surface area contributed by atoms with Gasteiger partial charge in [-0.3, -0.25) is 0 Å². The molecule has 34 heavy (non-hydrogen) atoms. The van der Waals surface area contributed by atoms with E-state index in [0.717, 1.165) is 33.4 Å². The summed E-state index contributed by atoms with van der Waals surface area (Å²) in [7, 11) is 0. The van der Waals surface area contributed by atoms with E-state index in [1.54, 1.807) is 6.07 Å². The van der Waals surface area contributed by atoms with Crippen LogP contribution in [-0.2, 0) is 6.61 Å². The van der Waals surface area contributed by atoms with Crippen molar-refractivity contribution in [3.8, 4) is 11.5 Å². The Balaban J connectivity index is 1.29. The Kier molecular flexibility index (Phi) is 6.13. The summed E-state index contributed by atoms with van der Waals surface area (Å²) in [6, 6.07) is 35.4. The maximum Gasteiger partial charge on any atom is 0.336 e. The average molecular weight is 449 g/mol. The summed E-state index contributed by atoms with van der Waals surface area (Å²) in [5.74, 6) is 1.43. The Hall–Kier alpha value is -4.31. The average Bonchev–Trinajstić information content (AvgIpc) is 2.87. The third-order valence-electron chi connectivity index (χ3n) is 5.71. The van der Waals surface area contributed by atoms with Crippen molar-refractivity contribution in [3.05, 3.63) is 142 Å². The molecule has 5 rings (SSSR count). The first-order valence-electron chi connectivity index (χ1n) is 11.2. The maximum absolute atomic E-state index is 11.7. The lowest BCUT2D eigenvalue weighted by atomic mass is 10.0. The zero-order valence-electron chi connectivity index (χ0n) is 18.8. The molecule has 0 bridgehead atoms. The SMILES string of the molecule is Cc1cc(=O)oc2cc(OCc3ccc(OC(c4ccccc4)c4ccccc4)cc3)ccc12. The molecule has 0 unspecified atom stereocenters. The Morgan fingerprint density at radius 1 is 0.735 bits per heavy atom. The summed E-state index contributed by atoms with van der Waals surface area (Å²) in [6.07, 6.45) is -0.194. The molecule has 1 aromatic heterocycles. The summed E-state index contributed by atoms with van der Waals surface area (Å²) in [5, 5.41) is 0.903. The highest BCUT2D eigenvalue weighted by molar-refractivity contribution is 5.81. The molecule has 0 amide bonds. The van der Waals surface area contributed by atoms with E-state index in [-0.39, 0.29) is 11.7 Å². The van der Waals surface area contributed by atoms with Crippen LogP contribution in [0, 0.1) is 6.92 Å². The lowest BCUT2D eigenvalue weighted by Crippen LogP contribution is -2.09. The zero-order chi connectivity index (χ0) is 23.3. The van der Waals surface area contributed by atoms with E-state index in [1.165, 1.54) is 6.07 Å². The molecule has 0 fully saturated rings. The van der Waals surface area contributed by atoms with Gasteiger partial charge in [0.15, 0.2) is 0 Å². The number of fused-ring (bicyclic) bond motifs is 1. The maximum atomic E-state index is 11.7. The molecule has 5 aromatic rings. The van der Waals surface area contributed by atoms with Crippen LogP contribution in [-0.4, -0.2) is 0 Å². The fraction of sp³-hybridized carbons (Fsp3) is 0.100. The van der Waals surface area contributed by atoms with Gasteiger partial charge in [-0.05, 0) is 53.4 Å². The van der Waals surface area contributed by atoms with Crippen LogP contribution in [0.25, 0.3) is 11.0 Å². The molecule has 0 aliphatic rings. The Morgan fingerprint density at radius 3 is 2.00 bits per heavy atom. The number of rotatable bonds is 7. The van der Waals surface area contributed by atoms with Gasteiger partial charge in [-0.2, -0.15) is 0 Å². The lowest BCUT2D eigenvalue weighted by Gasteiger charge is -2.20. The van der Waals surface area contributed by atoms with E-state index in [2.05, 4.69) is 24.3 Å². The molecule has 0 aliphatic heterocycles. The molecule has 0 saturated carbocycles. The second-order valence-electron chi connectivity index (χ2n) is 8.16. The molecule has 1 heterocycles. The number of benzene rings is 4. The van der Waals surface area contributed by atoms with Crippen molar-refractivity contribution in [3.63, 3.8) is 0 Å². The van der Waals surface area contributed by atoms with Crippen molar-refractivity contribution in [2.45, 2.75) is 19.6 Å². The number of aryl methyl sites for hydroxylation is 1. The predicted octanol–water partition coefficient (Wildman–Crippen LogP) is 6.85. The normalized spacial score (nSPS) is 11.0. The molecule has 0 atom stereocenters. The molecule has 0 N–H and O–H groups in total. The van der Waals surface area contributed by atoms with Crippen molar-refractivity contribution in [2.24, 2.45) is 0 Å². The van der Waals surface area contributed by atoms with E-state index >= 15 is 0 Å². The fourth-order valence-electron chi connectivity index (χ4n) is 3.95. The quantitative estimate of drug-likeness (QED) is 0.256. The van der Waals surface area contributed by atoms with Gasteiger partial charge in [-0.25, -0.2) is 4.79 Å². The molecular formula is C30H24O4. The van der Waals surface area contributed by atoms with Gasteiger partial charge in [0.2, 0.25) is 0 Å². The number of hydrogen-bond acceptors (Lipinski definition) is 4. The Bertz CT molecular complexity index is 1400. The van der Waals surface area contributed by atoms with E-state index in [1.807, 2.05) is 79.7 Å². The van der Waals surface area contributed by atoms with Crippen molar-refractivity contribution < 1.29 is 13.9 Å². The minimum atomic E-state index is -0.359. The van der Waals surface area contributed by atoms with Crippen LogP contribution in [0.5, 0.6) is 11.5 Å². The van der Waals surface area contributed by atoms with Crippen LogP contribution in [0.1, 0.15) is 28.4 Å². The first-order chi connectivity index (χ1) is 16.7. The van der Waals surface area contributed by atoms with E-state index < -0.39 is 0 Å². The number of ether oxygens (including phenoxy) is 2. The minimum absolute atomic E-state index is 0.194. The third-order valence-corrected chi connectivity index (χ3v) is 5.71. The zero-order valence-corrected chi connectivity index (χ0v) is 18.8. The molecule has 0 saturated heterocycles. The van der Waals surface area contributed by atoms with Gasteiger partial charge in [0.05, 0.1) is 0 Å². The van der Waals surface area contributed by atoms with Gasteiger partial charge in [0, 0.05) is 17.5 Å². The largest absolute Gasteiger partial charge is 0.489 e. The molecular weight excluding hydrogens is 424 g/mol. The van der Waals surface area contributed by atoms with Crippen molar-refractivity contribution in [1.29, 1.82) is 0 Å². The monoisotopic (exact) mass is 448 g/mol. The van der Waals surface area contributed by atoms with Crippen LogP contribution >= 0.6 is 0 Å². The molecule has 4 heteroatoms. The summed E-state index contributed by atoms with van der Waals surface area (Å²) in [4.78, 5) is 11.7. The van der Waals surface area contributed by atoms with Gasteiger partial charge in [-0.1, -0.05) is 72.8 Å². The first-order valence-corrected chi connectivity index (χ1v) is 11.2. The molecule has 4 aromatic carbocycles. The van der Waals surface area contributed by atoms with Gasteiger partial charge < -0.3 is 13.9 Å². The summed E-state index contributed by atoms with van der Waals surface area (Å²) in [6.45, 7) is 2.28. The third kappa shape index (κ3) is 4.86. The Labute approximate surface area is 198 Å². The van der Waals surface area contributed by atoms with Gasteiger partial charge in [0.1, 0.15) is 29.8 Å². The van der Waals surface area contributed by atoms with Gasteiger partial charge in [-0.15, -0.1) is 0 Å². The van der Waals surface area contributed by atoms with E-state index in [9.17, 15) is 4.79 Å². The van der Waals surface area contributed by atoms with Crippen LogP contribution < -0.4 is 15.1 Å². The second-order valence-corrected chi connectivity index (χ2v) is 8.16. The van der Waals surface area contributed by atoms with E-state index in [0.29, 0.717) is 17.9 Å². The Morgan fingerprint density at radius 2 is 1.35 bits per heavy atom. The standard InChI is InChI=1S/C30H24O4/c1-21-18-29(31)34-28-19-26(16-17-27(21)28)32-20-22-12-14-25(15-13-22)33-30(23-8-4-2-5-9-23)24-10-6-3-7-11-24/h2-19,30H,20H2,1H3. The van der Waals surface area contributed by atoms with Crippen LogP contribution in [0.15, 0.2) is 118 Å². The van der Waals surface area contributed by atoms with Crippen LogP contribution in [0.2, 0.25) is 0 Å². The van der Waals surface area contributed by atoms with Crippen molar-refractivity contribution in [1.82, 2.24) is 0 Å². The fourth-order valence-corrected chi connectivity index (χ4v) is 3.95. The van der Waals surface area contributed by atoms with Crippen LogP contribution in [0.3, 0.4) is 0 Å². The lowest BCUT2D eigenvalue weighted by molar-refractivity contribution is 0.247. The first kappa shape index (κ1) is 21.5. The van der Waals surface area contributed by atoms with Crippen molar-refractivity contribution in [2.75, 3.05) is 0 Å².